The summed E-state index contributed by atoms with van der Waals surface area (Å²) in [6.45, 7) is 2.61. The average Bonchev–Trinajstić information content (AvgIpc) is 2.84. The Kier molecular flexibility index (Phi) is 3.75. The molecule has 0 spiro atoms. The van der Waals surface area contributed by atoms with E-state index >= 15 is 0 Å². The molecule has 0 saturated heterocycles. The fourth-order valence-corrected chi connectivity index (χ4v) is 2.98. The zero-order chi connectivity index (χ0) is 14.8. The van der Waals surface area contributed by atoms with Crippen LogP contribution in [0.25, 0.3) is 0 Å². The van der Waals surface area contributed by atoms with Crippen LogP contribution in [0.3, 0.4) is 0 Å². The second-order valence-electron chi connectivity index (χ2n) is 5.41. The van der Waals surface area contributed by atoms with Gasteiger partial charge in [-0.2, -0.15) is 5.10 Å². The SMILES string of the molecule is CNC1CCCN(C(=O)c2cn[nH]c2C)c2ccccc21. The maximum absolute atomic E-state index is 12.8. The molecule has 0 fully saturated rings. The zero-order valence-corrected chi connectivity index (χ0v) is 12.4. The Bertz CT molecular complexity index is 649. The topological polar surface area (TPSA) is 61.0 Å². The Morgan fingerprint density at radius 2 is 2.24 bits per heavy atom. The molecule has 1 amide bonds. The number of rotatable bonds is 2. The summed E-state index contributed by atoms with van der Waals surface area (Å²) in [5.41, 5.74) is 3.64. The number of aromatic nitrogens is 2. The molecule has 21 heavy (non-hydrogen) atoms. The Labute approximate surface area is 124 Å². The van der Waals surface area contributed by atoms with Crippen LogP contribution >= 0.6 is 0 Å². The zero-order valence-electron chi connectivity index (χ0n) is 12.4. The van der Waals surface area contributed by atoms with E-state index in [1.807, 2.05) is 37.1 Å². The highest BCUT2D eigenvalue weighted by Gasteiger charge is 2.27. The summed E-state index contributed by atoms with van der Waals surface area (Å²) in [4.78, 5) is 14.7. The number of aryl methyl sites for hydroxylation is 1. The van der Waals surface area contributed by atoms with E-state index in [0.717, 1.165) is 30.8 Å². The highest BCUT2D eigenvalue weighted by atomic mass is 16.2. The fraction of sp³-hybridized carbons (Fsp3) is 0.375. The van der Waals surface area contributed by atoms with Gasteiger partial charge in [0.15, 0.2) is 0 Å². The van der Waals surface area contributed by atoms with Crippen molar-refractivity contribution in [1.29, 1.82) is 0 Å². The molecule has 1 aromatic heterocycles. The first kappa shape index (κ1) is 13.8. The number of aromatic amines is 1. The smallest absolute Gasteiger partial charge is 0.261 e. The van der Waals surface area contributed by atoms with E-state index in [1.165, 1.54) is 5.56 Å². The number of nitrogens with one attached hydrogen (secondary N) is 2. The van der Waals surface area contributed by atoms with Gasteiger partial charge < -0.3 is 10.2 Å². The molecule has 2 N–H and O–H groups in total. The number of H-pyrrole nitrogens is 1. The largest absolute Gasteiger partial charge is 0.313 e. The van der Waals surface area contributed by atoms with Crippen molar-refractivity contribution in [3.63, 3.8) is 0 Å². The molecular weight excluding hydrogens is 264 g/mol. The number of amides is 1. The summed E-state index contributed by atoms with van der Waals surface area (Å²) in [5.74, 6) is 0.0189. The van der Waals surface area contributed by atoms with Crippen LogP contribution < -0.4 is 10.2 Å². The Balaban J connectivity index is 2.03. The van der Waals surface area contributed by atoms with E-state index in [1.54, 1.807) is 6.20 Å². The molecule has 1 aliphatic rings. The molecule has 5 heteroatoms. The van der Waals surface area contributed by atoms with E-state index < -0.39 is 0 Å². The average molecular weight is 284 g/mol. The van der Waals surface area contributed by atoms with Gasteiger partial charge in [-0.3, -0.25) is 9.89 Å². The maximum Gasteiger partial charge on any atom is 0.261 e. The fourth-order valence-electron chi connectivity index (χ4n) is 2.98. The second-order valence-corrected chi connectivity index (χ2v) is 5.41. The van der Waals surface area contributed by atoms with Crippen molar-refractivity contribution < 1.29 is 4.79 Å². The molecule has 1 aromatic carbocycles. The lowest BCUT2D eigenvalue weighted by Gasteiger charge is -2.23. The number of carbonyl (C=O) groups is 1. The molecule has 0 aliphatic carbocycles. The summed E-state index contributed by atoms with van der Waals surface area (Å²) >= 11 is 0. The normalized spacial score (nSPS) is 18.2. The summed E-state index contributed by atoms with van der Waals surface area (Å²) in [6, 6.07) is 8.44. The van der Waals surface area contributed by atoms with Crippen LogP contribution in [0.4, 0.5) is 5.69 Å². The minimum atomic E-state index is 0.0189. The van der Waals surface area contributed by atoms with Crippen LogP contribution in [0.15, 0.2) is 30.5 Å². The molecule has 0 saturated carbocycles. The first-order valence-electron chi connectivity index (χ1n) is 7.30. The number of anilines is 1. The summed E-state index contributed by atoms with van der Waals surface area (Å²) in [5, 5.41) is 10.2. The Morgan fingerprint density at radius 3 is 2.95 bits per heavy atom. The molecule has 3 rings (SSSR count). The van der Waals surface area contributed by atoms with Crippen LogP contribution in [0.2, 0.25) is 0 Å². The number of carbonyl (C=O) groups excluding carboxylic acids is 1. The quantitative estimate of drug-likeness (QED) is 0.890. The number of hydrogen-bond acceptors (Lipinski definition) is 3. The minimum absolute atomic E-state index is 0.0189. The van der Waals surface area contributed by atoms with Crippen molar-refractivity contribution in [3.8, 4) is 0 Å². The van der Waals surface area contributed by atoms with Crippen molar-refractivity contribution >= 4 is 11.6 Å². The van der Waals surface area contributed by atoms with Gasteiger partial charge in [-0.15, -0.1) is 0 Å². The van der Waals surface area contributed by atoms with Crippen molar-refractivity contribution in [2.24, 2.45) is 0 Å². The van der Waals surface area contributed by atoms with Gasteiger partial charge in [0.25, 0.3) is 5.91 Å². The number of nitrogens with zero attached hydrogens (tertiary/aromatic N) is 2. The van der Waals surface area contributed by atoms with Gasteiger partial charge in [0.05, 0.1) is 11.8 Å². The molecular formula is C16H20N4O. The van der Waals surface area contributed by atoms with Crippen LogP contribution in [-0.4, -0.2) is 29.7 Å². The third-order valence-corrected chi connectivity index (χ3v) is 4.13. The molecule has 0 radical (unpaired) electrons. The third-order valence-electron chi connectivity index (χ3n) is 4.13. The predicted octanol–water partition coefficient (Wildman–Crippen LogP) is 2.42. The van der Waals surface area contributed by atoms with Crippen LogP contribution in [0.1, 0.15) is 40.5 Å². The van der Waals surface area contributed by atoms with E-state index in [9.17, 15) is 4.79 Å². The highest BCUT2D eigenvalue weighted by molar-refractivity contribution is 6.07. The van der Waals surface area contributed by atoms with Gasteiger partial charge >= 0.3 is 0 Å². The minimum Gasteiger partial charge on any atom is -0.313 e. The Hall–Kier alpha value is -2.14. The van der Waals surface area contributed by atoms with Crippen molar-refractivity contribution in [3.05, 3.63) is 47.3 Å². The van der Waals surface area contributed by atoms with Gasteiger partial charge in [-0.1, -0.05) is 18.2 Å². The lowest BCUT2D eigenvalue weighted by molar-refractivity contribution is 0.0986. The monoisotopic (exact) mass is 284 g/mol. The van der Waals surface area contributed by atoms with Crippen LogP contribution in [-0.2, 0) is 0 Å². The lowest BCUT2D eigenvalue weighted by atomic mass is 10.0. The Morgan fingerprint density at radius 1 is 1.43 bits per heavy atom. The van der Waals surface area contributed by atoms with Gasteiger partial charge in [0.2, 0.25) is 0 Å². The molecule has 0 bridgehead atoms. The summed E-state index contributed by atoms with van der Waals surface area (Å²) in [7, 11) is 1.97. The van der Waals surface area contributed by atoms with E-state index in [0.29, 0.717) is 11.6 Å². The molecule has 2 heterocycles. The van der Waals surface area contributed by atoms with E-state index in [2.05, 4.69) is 21.6 Å². The molecule has 1 atom stereocenters. The molecule has 2 aromatic rings. The highest BCUT2D eigenvalue weighted by Crippen LogP contribution is 2.33. The van der Waals surface area contributed by atoms with Crippen molar-refractivity contribution in [2.45, 2.75) is 25.8 Å². The van der Waals surface area contributed by atoms with Gasteiger partial charge in [-0.25, -0.2) is 0 Å². The molecule has 1 aliphatic heterocycles. The van der Waals surface area contributed by atoms with E-state index in [4.69, 9.17) is 0 Å². The first-order valence-corrected chi connectivity index (χ1v) is 7.30. The lowest BCUT2D eigenvalue weighted by Crippen LogP contribution is -2.32. The maximum atomic E-state index is 12.8. The predicted molar refractivity (Wildman–Crippen MR) is 82.5 cm³/mol. The second kappa shape index (κ2) is 5.69. The van der Waals surface area contributed by atoms with E-state index in [-0.39, 0.29) is 5.91 Å². The van der Waals surface area contributed by atoms with Crippen LogP contribution in [0.5, 0.6) is 0 Å². The summed E-state index contributed by atoms with van der Waals surface area (Å²) < 4.78 is 0. The summed E-state index contributed by atoms with van der Waals surface area (Å²) in [6.07, 6.45) is 3.62. The molecule has 110 valence electrons. The van der Waals surface area contributed by atoms with Gasteiger partial charge in [0, 0.05) is 24.0 Å². The molecule has 1 unspecified atom stereocenters. The molecule has 5 nitrogen and oxygen atoms in total. The van der Waals surface area contributed by atoms with Crippen molar-refractivity contribution in [1.82, 2.24) is 15.5 Å². The number of para-hydroxylation sites is 1. The number of fused-ring (bicyclic) bond motifs is 1. The number of hydrogen-bond donors (Lipinski definition) is 2. The van der Waals surface area contributed by atoms with Gasteiger partial charge in [0.1, 0.15) is 0 Å². The third kappa shape index (κ3) is 2.45. The number of benzene rings is 1. The standard InChI is InChI=1S/C16H20N4O/c1-11-13(10-18-19-11)16(21)20-9-5-7-14(17-2)12-6-3-4-8-15(12)20/h3-4,6,8,10,14,17H,5,7,9H2,1-2H3,(H,18,19). The van der Waals surface area contributed by atoms with Crippen molar-refractivity contribution in [2.75, 3.05) is 18.5 Å². The van der Waals surface area contributed by atoms with Gasteiger partial charge in [-0.05, 0) is 38.4 Å². The van der Waals surface area contributed by atoms with Crippen LogP contribution in [0, 0.1) is 6.92 Å². The first-order chi connectivity index (χ1) is 10.2.